The molecule has 1 aliphatic carbocycles. The van der Waals surface area contributed by atoms with E-state index in [-0.39, 0.29) is 18.0 Å². The summed E-state index contributed by atoms with van der Waals surface area (Å²) in [4.78, 5) is 39.2. The minimum Gasteiger partial charge on any atom is -0.354 e. The highest BCUT2D eigenvalue weighted by molar-refractivity contribution is 7.89. The minimum atomic E-state index is -3.75. The van der Waals surface area contributed by atoms with Crippen LogP contribution in [0.4, 0.5) is 4.79 Å². The number of sulfonamides is 1. The van der Waals surface area contributed by atoms with Crippen LogP contribution in [0.1, 0.15) is 29.5 Å². The van der Waals surface area contributed by atoms with Crippen molar-refractivity contribution in [2.24, 2.45) is 5.14 Å². The van der Waals surface area contributed by atoms with Gasteiger partial charge in [0.05, 0.1) is 4.90 Å². The van der Waals surface area contributed by atoms with E-state index in [1.807, 2.05) is 24.3 Å². The van der Waals surface area contributed by atoms with E-state index < -0.39 is 33.4 Å². The Kier molecular flexibility index (Phi) is 5.74. The Morgan fingerprint density at radius 3 is 2.56 bits per heavy atom. The van der Waals surface area contributed by atoms with Gasteiger partial charge in [-0.15, -0.1) is 0 Å². The van der Waals surface area contributed by atoms with Gasteiger partial charge in [-0.2, -0.15) is 0 Å². The van der Waals surface area contributed by atoms with Crippen LogP contribution in [-0.2, 0) is 38.0 Å². The summed E-state index contributed by atoms with van der Waals surface area (Å²) >= 11 is 0. The number of benzene rings is 2. The Bertz CT molecular complexity index is 1180. The molecule has 10 heteroatoms. The molecule has 4 amide bonds. The molecule has 168 valence electrons. The number of hydrogen-bond donors (Lipinski definition) is 3. The van der Waals surface area contributed by atoms with Crippen LogP contribution in [0.3, 0.4) is 0 Å². The first-order valence-electron chi connectivity index (χ1n) is 10.3. The Balaban J connectivity index is 1.36. The third-order valence-electron chi connectivity index (χ3n) is 5.94. The molecule has 0 aromatic heterocycles. The molecule has 0 saturated carbocycles. The van der Waals surface area contributed by atoms with E-state index in [0.29, 0.717) is 12.8 Å². The first kappa shape index (κ1) is 22.0. The third kappa shape index (κ3) is 4.11. The number of carbonyl (C=O) groups excluding carboxylic acids is 3. The monoisotopic (exact) mass is 456 g/mol. The maximum atomic E-state index is 13.2. The zero-order valence-electron chi connectivity index (χ0n) is 17.3. The smallest absolute Gasteiger partial charge is 0.325 e. The summed E-state index contributed by atoms with van der Waals surface area (Å²) in [5.41, 5.74) is 1.55. The van der Waals surface area contributed by atoms with Gasteiger partial charge in [-0.3, -0.25) is 14.5 Å². The van der Waals surface area contributed by atoms with Crippen molar-refractivity contribution in [3.05, 3.63) is 65.2 Å². The van der Waals surface area contributed by atoms with Gasteiger partial charge in [-0.25, -0.2) is 18.4 Å². The normalized spacial score (nSPS) is 20.2. The Labute approximate surface area is 186 Å². The predicted octanol–water partition coefficient (Wildman–Crippen LogP) is 0.776. The van der Waals surface area contributed by atoms with Crippen molar-refractivity contribution in [2.45, 2.75) is 36.1 Å². The van der Waals surface area contributed by atoms with Crippen LogP contribution in [0.15, 0.2) is 53.4 Å². The summed E-state index contributed by atoms with van der Waals surface area (Å²) in [6, 6.07) is 13.0. The molecule has 1 aliphatic heterocycles. The number of primary sulfonamides is 1. The summed E-state index contributed by atoms with van der Waals surface area (Å²) < 4.78 is 22.6. The Hall–Kier alpha value is -3.24. The fraction of sp³-hybridized carbons (Fsp3) is 0.318. The van der Waals surface area contributed by atoms with Crippen molar-refractivity contribution in [3.63, 3.8) is 0 Å². The lowest BCUT2D eigenvalue weighted by molar-refractivity contribution is -0.135. The lowest BCUT2D eigenvalue weighted by Crippen LogP contribution is -2.47. The Morgan fingerprint density at radius 1 is 1.12 bits per heavy atom. The molecule has 2 aliphatic rings. The quantitative estimate of drug-likeness (QED) is 0.551. The van der Waals surface area contributed by atoms with Gasteiger partial charge in [0.2, 0.25) is 15.9 Å². The zero-order valence-corrected chi connectivity index (χ0v) is 18.2. The first-order valence-corrected chi connectivity index (χ1v) is 11.9. The van der Waals surface area contributed by atoms with E-state index in [4.69, 9.17) is 5.14 Å². The number of imide groups is 1. The molecule has 1 heterocycles. The lowest BCUT2D eigenvalue weighted by atomic mass is 9.76. The molecule has 1 unspecified atom stereocenters. The van der Waals surface area contributed by atoms with Gasteiger partial charge in [-0.05, 0) is 54.5 Å². The maximum Gasteiger partial charge on any atom is 0.325 e. The van der Waals surface area contributed by atoms with Gasteiger partial charge < -0.3 is 10.6 Å². The van der Waals surface area contributed by atoms with Gasteiger partial charge in [0, 0.05) is 6.54 Å². The van der Waals surface area contributed by atoms with Crippen LogP contribution < -0.4 is 15.8 Å². The van der Waals surface area contributed by atoms with Crippen molar-refractivity contribution in [3.8, 4) is 0 Å². The van der Waals surface area contributed by atoms with E-state index in [0.717, 1.165) is 34.4 Å². The number of hydrogen-bond acceptors (Lipinski definition) is 5. The standard InChI is InChI=1S/C22H24N4O5S/c23-32(30,31)17-9-7-15(8-10-17)11-13-24-19(27)14-26-20(28)22(25-21(26)29)12-3-5-16-4-1-2-6-18(16)22/h1-2,4,6-10H,3,5,11-14H2,(H,24,27)(H,25,29)(H2,23,30,31). The van der Waals surface area contributed by atoms with Crippen LogP contribution in [0.5, 0.6) is 0 Å². The fourth-order valence-electron chi connectivity index (χ4n) is 4.35. The lowest BCUT2D eigenvalue weighted by Gasteiger charge is -2.33. The zero-order chi connectivity index (χ0) is 22.9. The minimum absolute atomic E-state index is 0.0158. The van der Waals surface area contributed by atoms with Crippen molar-refractivity contribution < 1.29 is 22.8 Å². The molecule has 4 rings (SSSR count). The number of nitrogens with zero attached hydrogens (tertiary/aromatic N) is 1. The Morgan fingerprint density at radius 2 is 1.84 bits per heavy atom. The molecular weight excluding hydrogens is 432 g/mol. The number of urea groups is 1. The van der Waals surface area contributed by atoms with Crippen LogP contribution in [0.2, 0.25) is 0 Å². The first-order chi connectivity index (χ1) is 15.2. The van der Waals surface area contributed by atoms with Gasteiger partial charge in [0.15, 0.2) is 0 Å². The molecule has 0 radical (unpaired) electrons. The molecule has 4 N–H and O–H groups in total. The number of amides is 4. The van der Waals surface area contributed by atoms with Crippen LogP contribution in [0, 0.1) is 0 Å². The van der Waals surface area contributed by atoms with Gasteiger partial charge >= 0.3 is 6.03 Å². The SMILES string of the molecule is NS(=O)(=O)c1ccc(CCNC(=O)CN2C(=O)NC3(CCCc4ccccc43)C2=O)cc1. The van der Waals surface area contributed by atoms with Gasteiger partial charge in [0.25, 0.3) is 5.91 Å². The molecule has 1 spiro atoms. The highest BCUT2D eigenvalue weighted by Gasteiger charge is 2.54. The molecule has 32 heavy (non-hydrogen) atoms. The van der Waals surface area contributed by atoms with Crippen molar-refractivity contribution in [2.75, 3.05) is 13.1 Å². The number of rotatable bonds is 6. The molecule has 0 bridgehead atoms. The number of nitrogens with one attached hydrogen (secondary N) is 2. The van der Waals surface area contributed by atoms with Gasteiger partial charge in [0.1, 0.15) is 12.1 Å². The second kappa shape index (κ2) is 8.36. The highest BCUT2D eigenvalue weighted by Crippen LogP contribution is 2.39. The molecular formula is C22H24N4O5S. The van der Waals surface area contributed by atoms with E-state index >= 15 is 0 Å². The van der Waals surface area contributed by atoms with E-state index in [1.165, 1.54) is 12.1 Å². The van der Waals surface area contributed by atoms with Crippen molar-refractivity contribution >= 4 is 27.9 Å². The molecule has 1 atom stereocenters. The van der Waals surface area contributed by atoms with Gasteiger partial charge in [-0.1, -0.05) is 36.4 Å². The topological polar surface area (TPSA) is 139 Å². The fourth-order valence-corrected chi connectivity index (χ4v) is 4.86. The predicted molar refractivity (Wildman–Crippen MR) is 116 cm³/mol. The largest absolute Gasteiger partial charge is 0.354 e. The summed E-state index contributed by atoms with van der Waals surface area (Å²) in [5.74, 6) is -0.848. The number of aryl methyl sites for hydroxylation is 1. The average Bonchev–Trinajstić information content (AvgIpc) is 2.98. The van der Waals surface area contributed by atoms with Crippen LogP contribution in [0.25, 0.3) is 0 Å². The van der Waals surface area contributed by atoms with Crippen molar-refractivity contribution in [1.82, 2.24) is 15.5 Å². The molecule has 2 aromatic rings. The molecule has 1 saturated heterocycles. The molecule has 1 fully saturated rings. The summed E-state index contributed by atoms with van der Waals surface area (Å²) in [5, 5.41) is 10.6. The second-order valence-electron chi connectivity index (χ2n) is 8.03. The molecule has 2 aromatic carbocycles. The summed E-state index contributed by atoms with van der Waals surface area (Å²) in [6.07, 6.45) is 2.57. The number of carbonyl (C=O) groups is 3. The summed E-state index contributed by atoms with van der Waals surface area (Å²) in [7, 11) is -3.75. The maximum absolute atomic E-state index is 13.2. The summed E-state index contributed by atoms with van der Waals surface area (Å²) in [6.45, 7) is -0.0931. The third-order valence-corrected chi connectivity index (χ3v) is 6.87. The van der Waals surface area contributed by atoms with Crippen molar-refractivity contribution in [1.29, 1.82) is 0 Å². The number of nitrogens with two attached hydrogens (primary N) is 1. The molecule has 9 nitrogen and oxygen atoms in total. The number of fused-ring (bicyclic) bond motifs is 2. The van der Waals surface area contributed by atoms with Crippen LogP contribution in [-0.4, -0.2) is 44.3 Å². The average molecular weight is 457 g/mol. The highest BCUT2D eigenvalue weighted by atomic mass is 32.2. The van der Waals surface area contributed by atoms with E-state index in [2.05, 4.69) is 10.6 Å². The van der Waals surface area contributed by atoms with E-state index in [9.17, 15) is 22.8 Å². The second-order valence-corrected chi connectivity index (χ2v) is 9.59. The van der Waals surface area contributed by atoms with Crippen LogP contribution >= 0.6 is 0 Å². The van der Waals surface area contributed by atoms with E-state index in [1.54, 1.807) is 12.1 Å².